The molecule has 0 saturated heterocycles. The number of carbonyl (C=O) groups is 2. The van der Waals surface area contributed by atoms with Gasteiger partial charge in [0, 0.05) is 24.8 Å². The van der Waals surface area contributed by atoms with Crippen LogP contribution in [0.5, 0.6) is 0 Å². The number of pyridine rings is 1. The lowest BCUT2D eigenvalue weighted by Gasteiger charge is -2.06. The molecule has 0 fully saturated rings. The van der Waals surface area contributed by atoms with E-state index in [2.05, 4.69) is 42.6 Å². The number of nitrogens with one attached hydrogen (secondary N) is 3. The summed E-state index contributed by atoms with van der Waals surface area (Å²) < 4.78 is 1.60. The maximum Gasteiger partial charge on any atom is 0.404 e. The molecule has 0 unspecified atom stereocenters. The first-order chi connectivity index (χ1) is 13.5. The molecule has 4 N–H and O–H groups in total. The molecule has 0 atom stereocenters. The fourth-order valence-corrected chi connectivity index (χ4v) is 2.33. The van der Waals surface area contributed by atoms with E-state index in [0.29, 0.717) is 41.3 Å². The molecule has 3 amide bonds. The Labute approximate surface area is 159 Å². The molecule has 0 aliphatic rings. The molecule has 3 aromatic heterocycles. The molecular formula is C17H18N8O3. The quantitative estimate of drug-likeness (QED) is 0.452. The number of rotatable bonds is 7. The highest BCUT2D eigenvalue weighted by Crippen LogP contribution is 2.18. The highest BCUT2D eigenvalue weighted by Gasteiger charge is 2.09. The lowest BCUT2D eigenvalue weighted by Crippen LogP contribution is -2.28. The fourth-order valence-electron chi connectivity index (χ4n) is 2.33. The fraction of sp³-hybridized carbons (Fsp3) is 0.176. The van der Waals surface area contributed by atoms with Crippen LogP contribution in [0, 0.1) is 0 Å². The number of fused-ring (bicyclic) bond motifs is 1. The van der Waals surface area contributed by atoms with Crippen LogP contribution in [0.4, 0.5) is 15.4 Å². The monoisotopic (exact) mass is 382 g/mol. The van der Waals surface area contributed by atoms with Crippen molar-refractivity contribution in [2.45, 2.75) is 6.54 Å². The summed E-state index contributed by atoms with van der Waals surface area (Å²) in [4.78, 5) is 35.3. The Morgan fingerprint density at radius 1 is 1.21 bits per heavy atom. The van der Waals surface area contributed by atoms with Gasteiger partial charge in [0.1, 0.15) is 11.3 Å². The molecule has 3 aromatic rings. The van der Waals surface area contributed by atoms with E-state index in [9.17, 15) is 9.59 Å². The maximum atomic E-state index is 11.7. The molecule has 144 valence electrons. The third-order valence-corrected chi connectivity index (χ3v) is 3.60. The standard InChI is InChI=1S/C17H18N8O3/c1-2-5-18-16(26)24-14-4-3-12-15(23-14)22-13(9-20-12)11-8-21-25(10-11)7-6-19-17(27)28/h2-4,8-10,19H,1,5-7H2,(H,27,28)(H2,18,22,23,24,26). The zero-order valence-electron chi connectivity index (χ0n) is 14.8. The van der Waals surface area contributed by atoms with Crippen LogP contribution in [0.3, 0.4) is 0 Å². The minimum atomic E-state index is -1.08. The van der Waals surface area contributed by atoms with Gasteiger partial charge >= 0.3 is 12.1 Å². The first-order valence-electron chi connectivity index (χ1n) is 8.34. The number of nitrogens with zero attached hydrogens (tertiary/aromatic N) is 5. The van der Waals surface area contributed by atoms with Gasteiger partial charge in [-0.25, -0.2) is 19.6 Å². The lowest BCUT2D eigenvalue weighted by molar-refractivity contribution is 0.194. The average Bonchev–Trinajstić information content (AvgIpc) is 3.14. The molecule has 11 nitrogen and oxygen atoms in total. The van der Waals surface area contributed by atoms with E-state index in [1.807, 2.05) is 0 Å². The third-order valence-electron chi connectivity index (χ3n) is 3.60. The minimum absolute atomic E-state index is 0.240. The second kappa shape index (κ2) is 8.58. The van der Waals surface area contributed by atoms with Gasteiger partial charge in [0.25, 0.3) is 0 Å². The Morgan fingerprint density at radius 3 is 2.86 bits per heavy atom. The average molecular weight is 382 g/mol. The lowest BCUT2D eigenvalue weighted by atomic mass is 10.2. The number of anilines is 1. The smallest absolute Gasteiger partial charge is 0.404 e. The van der Waals surface area contributed by atoms with E-state index in [0.717, 1.165) is 0 Å². The molecule has 0 radical (unpaired) electrons. The van der Waals surface area contributed by atoms with Crippen molar-refractivity contribution < 1.29 is 14.7 Å². The Morgan fingerprint density at radius 2 is 2.07 bits per heavy atom. The molecular weight excluding hydrogens is 364 g/mol. The molecule has 3 rings (SSSR count). The predicted octanol–water partition coefficient (Wildman–Crippen LogP) is 1.46. The van der Waals surface area contributed by atoms with Crippen molar-refractivity contribution >= 4 is 29.1 Å². The van der Waals surface area contributed by atoms with Crippen LogP contribution < -0.4 is 16.0 Å². The largest absolute Gasteiger partial charge is 0.465 e. The molecule has 0 aliphatic carbocycles. The minimum Gasteiger partial charge on any atom is -0.465 e. The molecule has 28 heavy (non-hydrogen) atoms. The molecule has 0 aromatic carbocycles. The van der Waals surface area contributed by atoms with Crippen LogP contribution in [-0.2, 0) is 6.54 Å². The zero-order chi connectivity index (χ0) is 19.9. The number of hydrogen-bond donors (Lipinski definition) is 4. The van der Waals surface area contributed by atoms with Crippen LogP contribution in [0.25, 0.3) is 22.4 Å². The van der Waals surface area contributed by atoms with Gasteiger partial charge < -0.3 is 15.7 Å². The highest BCUT2D eigenvalue weighted by molar-refractivity contribution is 5.89. The summed E-state index contributed by atoms with van der Waals surface area (Å²) in [5.41, 5.74) is 2.23. The van der Waals surface area contributed by atoms with Gasteiger partial charge in [-0.3, -0.25) is 15.0 Å². The number of aromatic nitrogens is 5. The second-order valence-electron chi connectivity index (χ2n) is 5.64. The van der Waals surface area contributed by atoms with Crippen LogP contribution >= 0.6 is 0 Å². The van der Waals surface area contributed by atoms with Crippen molar-refractivity contribution in [1.82, 2.24) is 35.4 Å². The first-order valence-corrected chi connectivity index (χ1v) is 8.34. The van der Waals surface area contributed by atoms with E-state index in [-0.39, 0.29) is 6.54 Å². The molecule has 0 aliphatic heterocycles. The summed E-state index contributed by atoms with van der Waals surface area (Å²) in [7, 11) is 0. The summed E-state index contributed by atoms with van der Waals surface area (Å²) >= 11 is 0. The molecule has 0 saturated carbocycles. The molecule has 0 spiro atoms. The van der Waals surface area contributed by atoms with Crippen molar-refractivity contribution in [1.29, 1.82) is 0 Å². The van der Waals surface area contributed by atoms with E-state index < -0.39 is 12.1 Å². The summed E-state index contributed by atoms with van der Waals surface area (Å²) in [6, 6.07) is 2.95. The Bertz CT molecular complexity index is 1020. The predicted molar refractivity (Wildman–Crippen MR) is 102 cm³/mol. The van der Waals surface area contributed by atoms with E-state index in [1.165, 1.54) is 0 Å². The summed E-state index contributed by atoms with van der Waals surface area (Å²) in [5.74, 6) is 0.343. The Hall–Kier alpha value is -4.02. The maximum absolute atomic E-state index is 11.7. The van der Waals surface area contributed by atoms with Crippen LogP contribution in [0.1, 0.15) is 0 Å². The topological polar surface area (TPSA) is 147 Å². The number of amides is 3. The third kappa shape index (κ3) is 4.78. The number of urea groups is 1. The van der Waals surface area contributed by atoms with Gasteiger partial charge in [0.2, 0.25) is 0 Å². The molecule has 3 heterocycles. The molecule has 0 bridgehead atoms. The van der Waals surface area contributed by atoms with Crippen molar-refractivity contribution in [3.05, 3.63) is 43.4 Å². The van der Waals surface area contributed by atoms with Gasteiger partial charge in [-0.05, 0) is 12.1 Å². The second-order valence-corrected chi connectivity index (χ2v) is 5.64. The van der Waals surface area contributed by atoms with Gasteiger partial charge in [-0.2, -0.15) is 5.10 Å². The number of hydrogen-bond acceptors (Lipinski definition) is 6. The summed E-state index contributed by atoms with van der Waals surface area (Å²) in [6.07, 6.45) is 5.45. The normalized spacial score (nSPS) is 10.4. The van der Waals surface area contributed by atoms with Gasteiger partial charge in [0.05, 0.1) is 24.6 Å². The van der Waals surface area contributed by atoms with Crippen molar-refractivity contribution in [2.24, 2.45) is 0 Å². The van der Waals surface area contributed by atoms with Gasteiger partial charge in [0.15, 0.2) is 5.65 Å². The number of carboxylic acid groups (broad SMARTS) is 1. The van der Waals surface area contributed by atoms with Crippen molar-refractivity contribution in [3.8, 4) is 11.3 Å². The van der Waals surface area contributed by atoms with Crippen molar-refractivity contribution in [2.75, 3.05) is 18.4 Å². The summed E-state index contributed by atoms with van der Waals surface area (Å²) in [6.45, 7) is 4.50. The zero-order valence-corrected chi connectivity index (χ0v) is 14.8. The highest BCUT2D eigenvalue weighted by atomic mass is 16.4. The van der Waals surface area contributed by atoms with E-state index in [1.54, 1.807) is 41.5 Å². The van der Waals surface area contributed by atoms with Crippen LogP contribution in [-0.4, -0.2) is 55.1 Å². The van der Waals surface area contributed by atoms with Gasteiger partial charge in [-0.1, -0.05) is 6.08 Å². The Balaban J connectivity index is 1.75. The van der Waals surface area contributed by atoms with E-state index in [4.69, 9.17) is 5.11 Å². The first kappa shape index (κ1) is 18.8. The SMILES string of the molecule is C=CCNC(=O)Nc1ccc2ncc(-c3cnn(CCNC(=O)O)c3)nc2n1. The van der Waals surface area contributed by atoms with Crippen LogP contribution in [0.2, 0.25) is 0 Å². The number of carbonyl (C=O) groups excluding carboxylic acids is 1. The van der Waals surface area contributed by atoms with E-state index >= 15 is 0 Å². The van der Waals surface area contributed by atoms with Crippen molar-refractivity contribution in [3.63, 3.8) is 0 Å². The van der Waals surface area contributed by atoms with Gasteiger partial charge in [-0.15, -0.1) is 6.58 Å². The summed E-state index contributed by atoms with van der Waals surface area (Å²) in [5, 5.41) is 20.3. The molecule has 11 heteroatoms. The Kier molecular flexibility index (Phi) is 5.75. The van der Waals surface area contributed by atoms with Crippen LogP contribution in [0.15, 0.2) is 43.4 Å².